The van der Waals surface area contributed by atoms with Crippen molar-refractivity contribution >= 4 is 0 Å². The molecular formula is C14H14O2. The average molecular weight is 214 g/mol. The monoisotopic (exact) mass is 214 g/mol. The van der Waals surface area contributed by atoms with Crippen molar-refractivity contribution in [2.45, 2.75) is 6.10 Å². The molecule has 0 bridgehead atoms. The first-order valence-corrected chi connectivity index (χ1v) is 5.18. The Bertz CT molecular complexity index is 451. The molecule has 0 amide bonds. The van der Waals surface area contributed by atoms with Gasteiger partial charge < -0.3 is 9.84 Å². The van der Waals surface area contributed by atoms with Gasteiger partial charge in [-0.15, -0.1) is 0 Å². The number of hydrogen-bond acceptors (Lipinski definition) is 2. The zero-order valence-electron chi connectivity index (χ0n) is 9.13. The largest absolute Gasteiger partial charge is 0.508 e. The zero-order valence-corrected chi connectivity index (χ0v) is 9.13. The van der Waals surface area contributed by atoms with Crippen LogP contribution in [-0.4, -0.2) is 12.2 Å². The molecule has 2 rings (SSSR count). The van der Waals surface area contributed by atoms with E-state index in [0.717, 1.165) is 11.1 Å². The fourth-order valence-electron chi connectivity index (χ4n) is 1.78. The molecule has 1 atom stereocenters. The van der Waals surface area contributed by atoms with Crippen LogP contribution < -0.4 is 0 Å². The summed E-state index contributed by atoms with van der Waals surface area (Å²) >= 11 is 0. The fourth-order valence-corrected chi connectivity index (χ4v) is 1.78. The van der Waals surface area contributed by atoms with E-state index in [0.29, 0.717) is 0 Å². The van der Waals surface area contributed by atoms with E-state index in [1.807, 2.05) is 42.5 Å². The van der Waals surface area contributed by atoms with E-state index in [9.17, 15) is 5.11 Å². The van der Waals surface area contributed by atoms with E-state index in [1.165, 1.54) is 0 Å². The molecule has 1 unspecified atom stereocenters. The Hall–Kier alpha value is -1.80. The van der Waals surface area contributed by atoms with Gasteiger partial charge in [0.25, 0.3) is 0 Å². The lowest BCUT2D eigenvalue weighted by Gasteiger charge is -2.16. The van der Waals surface area contributed by atoms with Gasteiger partial charge >= 0.3 is 0 Å². The maximum absolute atomic E-state index is 9.45. The third kappa shape index (κ3) is 2.23. The minimum absolute atomic E-state index is 0.131. The van der Waals surface area contributed by atoms with Crippen LogP contribution in [0.5, 0.6) is 5.75 Å². The number of phenols is 1. The molecule has 2 aromatic rings. The van der Waals surface area contributed by atoms with Crippen LogP contribution in [0.4, 0.5) is 0 Å². The number of rotatable bonds is 3. The highest BCUT2D eigenvalue weighted by Gasteiger charge is 2.12. The van der Waals surface area contributed by atoms with Gasteiger partial charge in [-0.3, -0.25) is 0 Å². The summed E-state index contributed by atoms with van der Waals surface area (Å²) in [6, 6.07) is 17.1. The molecule has 82 valence electrons. The Morgan fingerprint density at radius 2 is 1.62 bits per heavy atom. The van der Waals surface area contributed by atoms with Crippen molar-refractivity contribution in [3.05, 3.63) is 65.7 Å². The van der Waals surface area contributed by atoms with E-state index >= 15 is 0 Å². The number of phenolic OH excluding ortho intramolecular Hbond substituents is 1. The molecular weight excluding hydrogens is 200 g/mol. The van der Waals surface area contributed by atoms with Crippen LogP contribution in [0.1, 0.15) is 17.2 Å². The van der Waals surface area contributed by atoms with Crippen molar-refractivity contribution in [3.63, 3.8) is 0 Å². The first-order chi connectivity index (χ1) is 7.81. The SMILES string of the molecule is COC(c1ccccc1)c1cccc(O)c1. The van der Waals surface area contributed by atoms with Crippen LogP contribution in [0.3, 0.4) is 0 Å². The van der Waals surface area contributed by atoms with Crippen molar-refractivity contribution in [1.29, 1.82) is 0 Å². The minimum Gasteiger partial charge on any atom is -0.508 e. The molecule has 0 aliphatic heterocycles. The summed E-state index contributed by atoms with van der Waals surface area (Å²) in [6.07, 6.45) is -0.131. The van der Waals surface area contributed by atoms with Crippen LogP contribution >= 0.6 is 0 Å². The topological polar surface area (TPSA) is 29.5 Å². The van der Waals surface area contributed by atoms with E-state index in [-0.39, 0.29) is 11.9 Å². The summed E-state index contributed by atoms with van der Waals surface area (Å²) in [6.45, 7) is 0. The van der Waals surface area contributed by atoms with Gasteiger partial charge in [-0.2, -0.15) is 0 Å². The van der Waals surface area contributed by atoms with Gasteiger partial charge in [0.1, 0.15) is 11.9 Å². The minimum atomic E-state index is -0.131. The first-order valence-electron chi connectivity index (χ1n) is 5.18. The fraction of sp³-hybridized carbons (Fsp3) is 0.143. The van der Waals surface area contributed by atoms with Gasteiger partial charge in [-0.1, -0.05) is 42.5 Å². The number of hydrogen-bond donors (Lipinski definition) is 1. The number of ether oxygens (including phenoxy) is 1. The standard InChI is InChI=1S/C14H14O2/c1-16-14(11-6-3-2-4-7-11)12-8-5-9-13(15)10-12/h2-10,14-15H,1H3. The van der Waals surface area contributed by atoms with Crippen molar-refractivity contribution in [2.24, 2.45) is 0 Å². The Kier molecular flexibility index (Phi) is 3.22. The molecule has 0 saturated carbocycles. The summed E-state index contributed by atoms with van der Waals surface area (Å²) in [5.41, 5.74) is 2.03. The molecule has 0 saturated heterocycles. The van der Waals surface area contributed by atoms with Crippen molar-refractivity contribution in [1.82, 2.24) is 0 Å². The van der Waals surface area contributed by atoms with Gasteiger partial charge in [0, 0.05) is 7.11 Å². The second kappa shape index (κ2) is 4.81. The van der Waals surface area contributed by atoms with Crippen LogP contribution in [0.25, 0.3) is 0 Å². The van der Waals surface area contributed by atoms with E-state index in [1.54, 1.807) is 19.2 Å². The van der Waals surface area contributed by atoms with Gasteiger partial charge in [-0.05, 0) is 23.3 Å². The van der Waals surface area contributed by atoms with Crippen molar-refractivity contribution < 1.29 is 9.84 Å². The van der Waals surface area contributed by atoms with E-state index < -0.39 is 0 Å². The molecule has 0 spiro atoms. The molecule has 0 fully saturated rings. The molecule has 16 heavy (non-hydrogen) atoms. The number of aromatic hydroxyl groups is 1. The molecule has 0 radical (unpaired) electrons. The lowest BCUT2D eigenvalue weighted by atomic mass is 10.0. The normalized spacial score (nSPS) is 12.3. The molecule has 0 heterocycles. The van der Waals surface area contributed by atoms with Gasteiger partial charge in [0.15, 0.2) is 0 Å². The Labute approximate surface area is 95.1 Å². The maximum atomic E-state index is 9.45. The first kappa shape index (κ1) is 10.7. The third-order valence-electron chi connectivity index (χ3n) is 2.51. The molecule has 2 nitrogen and oxygen atoms in total. The Morgan fingerprint density at radius 1 is 0.938 bits per heavy atom. The van der Waals surface area contributed by atoms with Gasteiger partial charge in [0.05, 0.1) is 0 Å². The van der Waals surface area contributed by atoms with E-state index in [4.69, 9.17) is 4.74 Å². The smallest absolute Gasteiger partial charge is 0.115 e. The Morgan fingerprint density at radius 3 is 2.25 bits per heavy atom. The molecule has 0 aliphatic rings. The van der Waals surface area contributed by atoms with Gasteiger partial charge in [0.2, 0.25) is 0 Å². The average Bonchev–Trinajstić information content (AvgIpc) is 2.31. The second-order valence-corrected chi connectivity index (χ2v) is 3.62. The van der Waals surface area contributed by atoms with Crippen LogP contribution in [-0.2, 0) is 4.74 Å². The second-order valence-electron chi connectivity index (χ2n) is 3.62. The quantitative estimate of drug-likeness (QED) is 0.850. The number of methoxy groups -OCH3 is 1. The lowest BCUT2D eigenvalue weighted by molar-refractivity contribution is 0.136. The summed E-state index contributed by atoms with van der Waals surface area (Å²) in [7, 11) is 1.67. The summed E-state index contributed by atoms with van der Waals surface area (Å²) in [5, 5.41) is 9.45. The highest BCUT2D eigenvalue weighted by Crippen LogP contribution is 2.27. The van der Waals surface area contributed by atoms with E-state index in [2.05, 4.69) is 0 Å². The number of benzene rings is 2. The summed E-state index contributed by atoms with van der Waals surface area (Å²) in [4.78, 5) is 0. The van der Waals surface area contributed by atoms with Crippen LogP contribution in [0.15, 0.2) is 54.6 Å². The summed E-state index contributed by atoms with van der Waals surface area (Å²) < 4.78 is 5.47. The molecule has 2 aromatic carbocycles. The predicted molar refractivity (Wildman–Crippen MR) is 63.4 cm³/mol. The molecule has 2 heteroatoms. The van der Waals surface area contributed by atoms with Crippen LogP contribution in [0, 0.1) is 0 Å². The molecule has 1 N–H and O–H groups in total. The highest BCUT2D eigenvalue weighted by atomic mass is 16.5. The molecule has 0 aliphatic carbocycles. The third-order valence-corrected chi connectivity index (χ3v) is 2.51. The van der Waals surface area contributed by atoms with Gasteiger partial charge in [-0.25, -0.2) is 0 Å². The zero-order chi connectivity index (χ0) is 11.4. The molecule has 0 aromatic heterocycles. The van der Waals surface area contributed by atoms with Crippen molar-refractivity contribution in [3.8, 4) is 5.75 Å². The Balaban J connectivity index is 2.37. The maximum Gasteiger partial charge on any atom is 0.115 e. The predicted octanol–water partition coefficient (Wildman–Crippen LogP) is 3.13. The highest BCUT2D eigenvalue weighted by molar-refractivity contribution is 5.34. The van der Waals surface area contributed by atoms with Crippen LogP contribution in [0.2, 0.25) is 0 Å². The van der Waals surface area contributed by atoms with Crippen molar-refractivity contribution in [2.75, 3.05) is 7.11 Å². The summed E-state index contributed by atoms with van der Waals surface area (Å²) in [5.74, 6) is 0.260. The lowest BCUT2D eigenvalue weighted by Crippen LogP contribution is -2.02.